The number of furan rings is 1. The van der Waals surface area contributed by atoms with Crippen LogP contribution in [0.25, 0.3) is 21.4 Å². The molecule has 4 heteroatoms. The molecule has 2 rings (SSSR count). The van der Waals surface area contributed by atoms with Crippen LogP contribution in [-0.2, 0) is 0 Å². The fourth-order valence-corrected chi connectivity index (χ4v) is 1.11. The molecule has 1 aromatic heterocycles. The molecule has 0 amide bonds. The van der Waals surface area contributed by atoms with Crippen molar-refractivity contribution in [1.82, 2.24) is 0 Å². The smallest absolute Gasteiger partial charge is 0.134 e. The average molecular weight is 159 g/mol. The predicted octanol–water partition coefficient (Wildman–Crippen LogP) is 3.37. The molecule has 0 aliphatic carbocycles. The highest BCUT2D eigenvalue weighted by Gasteiger charge is 1.99. The normalized spacial score (nSPS) is 9.67. The Hall–Kier alpha value is -1.93. The second kappa shape index (κ2) is 2.60. The lowest BCUT2D eigenvalue weighted by molar-refractivity contribution is 0.616. The van der Waals surface area contributed by atoms with Crippen molar-refractivity contribution in [2.75, 3.05) is 0 Å². The van der Waals surface area contributed by atoms with Crippen LogP contribution in [0, 0.1) is 0 Å². The van der Waals surface area contributed by atoms with Gasteiger partial charge in [0.25, 0.3) is 0 Å². The molecule has 0 saturated carbocycles. The van der Waals surface area contributed by atoms with Gasteiger partial charge in [-0.05, 0) is 17.7 Å². The summed E-state index contributed by atoms with van der Waals surface area (Å²) in [5.41, 5.74) is 9.58. The summed E-state index contributed by atoms with van der Waals surface area (Å²) >= 11 is 0. The van der Waals surface area contributed by atoms with Crippen molar-refractivity contribution in [1.29, 1.82) is 0 Å². The first-order valence-electron chi connectivity index (χ1n) is 3.43. The fraction of sp³-hybridized carbons (Fsp3) is 0. The lowest BCUT2D eigenvalue weighted by Gasteiger charge is -1.90. The SMILES string of the molecule is [N-]=[N+]=Nc1cccc2occc12. The molecule has 0 saturated heterocycles. The van der Waals surface area contributed by atoms with Crippen molar-refractivity contribution < 1.29 is 4.42 Å². The maximum absolute atomic E-state index is 8.24. The maximum Gasteiger partial charge on any atom is 0.134 e. The van der Waals surface area contributed by atoms with Crippen LogP contribution in [-0.4, -0.2) is 0 Å². The van der Waals surface area contributed by atoms with E-state index in [0.29, 0.717) is 5.69 Å². The van der Waals surface area contributed by atoms with E-state index in [1.54, 1.807) is 24.5 Å². The molecule has 0 spiro atoms. The minimum atomic E-state index is 0.601. The summed E-state index contributed by atoms with van der Waals surface area (Å²) in [5.74, 6) is 0. The zero-order chi connectivity index (χ0) is 8.39. The van der Waals surface area contributed by atoms with E-state index in [0.717, 1.165) is 11.0 Å². The molecular weight excluding hydrogens is 154 g/mol. The molecule has 1 heterocycles. The maximum atomic E-state index is 8.24. The third-order valence-electron chi connectivity index (χ3n) is 1.63. The van der Waals surface area contributed by atoms with Crippen molar-refractivity contribution in [3.63, 3.8) is 0 Å². The molecule has 58 valence electrons. The number of hydrogen-bond acceptors (Lipinski definition) is 2. The number of hydrogen-bond donors (Lipinski definition) is 0. The largest absolute Gasteiger partial charge is 0.464 e. The summed E-state index contributed by atoms with van der Waals surface area (Å²) in [6.45, 7) is 0. The van der Waals surface area contributed by atoms with Crippen LogP contribution in [0.2, 0.25) is 0 Å². The van der Waals surface area contributed by atoms with Gasteiger partial charge in [0.1, 0.15) is 5.58 Å². The van der Waals surface area contributed by atoms with Crippen LogP contribution in [0.5, 0.6) is 0 Å². The van der Waals surface area contributed by atoms with Crippen LogP contribution in [0.15, 0.2) is 40.1 Å². The highest BCUT2D eigenvalue weighted by molar-refractivity contribution is 5.88. The summed E-state index contributed by atoms with van der Waals surface area (Å²) in [7, 11) is 0. The zero-order valence-corrected chi connectivity index (χ0v) is 6.14. The monoisotopic (exact) mass is 159 g/mol. The van der Waals surface area contributed by atoms with Crippen molar-refractivity contribution in [2.24, 2.45) is 5.11 Å². The van der Waals surface area contributed by atoms with Gasteiger partial charge >= 0.3 is 0 Å². The summed E-state index contributed by atoms with van der Waals surface area (Å²) in [4.78, 5) is 2.72. The van der Waals surface area contributed by atoms with E-state index in [-0.39, 0.29) is 0 Å². The molecule has 0 aliphatic rings. The Balaban J connectivity index is 2.81. The van der Waals surface area contributed by atoms with Gasteiger partial charge in [0.2, 0.25) is 0 Å². The Kier molecular flexibility index (Phi) is 1.47. The molecule has 0 fully saturated rings. The standard InChI is InChI=1S/C8H5N3O/c9-11-10-7-2-1-3-8-6(7)4-5-12-8/h1-5H. The molecule has 4 nitrogen and oxygen atoms in total. The van der Waals surface area contributed by atoms with E-state index in [1.165, 1.54) is 0 Å². The number of nitrogens with zero attached hydrogens (tertiary/aromatic N) is 3. The molecule has 0 aliphatic heterocycles. The Morgan fingerprint density at radius 3 is 3.08 bits per heavy atom. The van der Waals surface area contributed by atoms with E-state index >= 15 is 0 Å². The summed E-state index contributed by atoms with van der Waals surface area (Å²) in [6, 6.07) is 7.14. The van der Waals surface area contributed by atoms with Gasteiger partial charge in [-0.2, -0.15) is 0 Å². The fourth-order valence-electron chi connectivity index (χ4n) is 1.11. The second-order valence-electron chi connectivity index (χ2n) is 2.30. The van der Waals surface area contributed by atoms with Gasteiger partial charge in [-0.3, -0.25) is 0 Å². The van der Waals surface area contributed by atoms with Gasteiger partial charge in [-0.15, -0.1) is 0 Å². The van der Waals surface area contributed by atoms with Gasteiger partial charge in [0, 0.05) is 16.0 Å². The minimum Gasteiger partial charge on any atom is -0.464 e. The van der Waals surface area contributed by atoms with Gasteiger partial charge in [-0.25, -0.2) is 0 Å². The molecule has 0 atom stereocenters. The number of azide groups is 1. The molecule has 0 N–H and O–H groups in total. The van der Waals surface area contributed by atoms with Crippen LogP contribution >= 0.6 is 0 Å². The third kappa shape index (κ3) is 0.909. The Bertz CT molecular complexity index is 454. The topological polar surface area (TPSA) is 61.9 Å². The van der Waals surface area contributed by atoms with Gasteiger partial charge < -0.3 is 4.42 Å². The first kappa shape index (κ1) is 6.76. The van der Waals surface area contributed by atoms with Gasteiger partial charge in [0.15, 0.2) is 0 Å². The lowest BCUT2D eigenvalue weighted by Crippen LogP contribution is -1.63. The van der Waals surface area contributed by atoms with Crippen LogP contribution in [0.1, 0.15) is 0 Å². The van der Waals surface area contributed by atoms with E-state index in [1.807, 2.05) is 6.07 Å². The molecule has 0 radical (unpaired) electrons. The molecule has 2 aromatic rings. The quantitative estimate of drug-likeness (QED) is 0.357. The second-order valence-corrected chi connectivity index (χ2v) is 2.30. The zero-order valence-electron chi connectivity index (χ0n) is 6.14. The van der Waals surface area contributed by atoms with E-state index in [4.69, 9.17) is 9.95 Å². The third-order valence-corrected chi connectivity index (χ3v) is 1.63. The molecule has 0 unspecified atom stereocenters. The number of rotatable bonds is 1. The van der Waals surface area contributed by atoms with Crippen molar-refractivity contribution in [2.45, 2.75) is 0 Å². The highest BCUT2D eigenvalue weighted by Crippen LogP contribution is 2.26. The summed E-state index contributed by atoms with van der Waals surface area (Å²) < 4.78 is 5.12. The summed E-state index contributed by atoms with van der Waals surface area (Å²) in [5, 5.41) is 4.37. The van der Waals surface area contributed by atoms with Gasteiger partial charge in [0.05, 0.1) is 6.26 Å². The molecule has 12 heavy (non-hydrogen) atoms. The lowest BCUT2D eigenvalue weighted by atomic mass is 10.2. The van der Waals surface area contributed by atoms with E-state index < -0.39 is 0 Å². The molecule has 0 bridgehead atoms. The van der Waals surface area contributed by atoms with Gasteiger partial charge in [-0.1, -0.05) is 17.2 Å². The van der Waals surface area contributed by atoms with Crippen molar-refractivity contribution in [3.8, 4) is 0 Å². The Morgan fingerprint density at radius 1 is 1.33 bits per heavy atom. The first-order valence-corrected chi connectivity index (χ1v) is 3.43. The van der Waals surface area contributed by atoms with Crippen molar-refractivity contribution in [3.05, 3.63) is 41.0 Å². The van der Waals surface area contributed by atoms with Crippen LogP contribution in [0.3, 0.4) is 0 Å². The minimum absolute atomic E-state index is 0.601. The van der Waals surface area contributed by atoms with Crippen LogP contribution < -0.4 is 0 Å². The number of benzene rings is 1. The number of fused-ring (bicyclic) bond motifs is 1. The highest BCUT2D eigenvalue weighted by atomic mass is 16.3. The average Bonchev–Trinajstić information content (AvgIpc) is 2.53. The van der Waals surface area contributed by atoms with E-state index in [2.05, 4.69) is 10.0 Å². The Morgan fingerprint density at radius 2 is 2.25 bits per heavy atom. The first-order chi connectivity index (χ1) is 5.92. The Labute approximate surface area is 68.0 Å². The van der Waals surface area contributed by atoms with Crippen LogP contribution in [0.4, 0.5) is 5.69 Å². The van der Waals surface area contributed by atoms with Crippen molar-refractivity contribution >= 4 is 16.7 Å². The van der Waals surface area contributed by atoms with E-state index in [9.17, 15) is 0 Å². The predicted molar refractivity (Wildman–Crippen MR) is 45.0 cm³/mol. The molecular formula is C8H5N3O. The molecule has 1 aromatic carbocycles. The summed E-state index contributed by atoms with van der Waals surface area (Å²) in [6.07, 6.45) is 1.57.